The van der Waals surface area contributed by atoms with Gasteiger partial charge in [0.05, 0.1) is 15.0 Å². The number of hydrogen-bond donors (Lipinski definition) is 0. The lowest BCUT2D eigenvalue weighted by Crippen LogP contribution is -2.49. The molecule has 28 heavy (non-hydrogen) atoms. The van der Waals surface area contributed by atoms with E-state index in [0.717, 1.165) is 0 Å². The van der Waals surface area contributed by atoms with Gasteiger partial charge >= 0.3 is 0 Å². The average molecular weight is 440 g/mol. The molecule has 0 spiro atoms. The van der Waals surface area contributed by atoms with Gasteiger partial charge in [-0.1, -0.05) is 35.9 Å². The molecule has 3 atom stereocenters. The van der Waals surface area contributed by atoms with Crippen molar-refractivity contribution >= 4 is 31.5 Å². The van der Waals surface area contributed by atoms with Crippen LogP contribution in [0.1, 0.15) is 31.2 Å². The van der Waals surface area contributed by atoms with Crippen molar-refractivity contribution in [3.8, 4) is 0 Å². The first-order valence-electron chi connectivity index (χ1n) is 9.30. The van der Waals surface area contributed by atoms with E-state index in [9.17, 15) is 16.8 Å². The van der Waals surface area contributed by atoms with Crippen molar-refractivity contribution in [1.29, 1.82) is 0 Å². The summed E-state index contributed by atoms with van der Waals surface area (Å²) in [5.41, 5.74) is 0.642. The van der Waals surface area contributed by atoms with E-state index in [1.165, 1.54) is 6.07 Å². The fourth-order valence-corrected chi connectivity index (χ4v) is 8.75. The van der Waals surface area contributed by atoms with Gasteiger partial charge in [-0.05, 0) is 62.4 Å². The van der Waals surface area contributed by atoms with Crippen LogP contribution in [0.3, 0.4) is 0 Å². The number of benzene rings is 2. The molecule has 2 aromatic rings. The number of rotatable bonds is 4. The van der Waals surface area contributed by atoms with Gasteiger partial charge in [0.2, 0.25) is 10.0 Å². The third-order valence-corrected chi connectivity index (χ3v) is 10.4. The summed E-state index contributed by atoms with van der Waals surface area (Å²) in [6.07, 6.45) is 2.02. The zero-order chi connectivity index (χ0) is 20.1. The van der Waals surface area contributed by atoms with Crippen LogP contribution in [0.15, 0.2) is 58.3 Å². The molecule has 0 N–H and O–H groups in total. The van der Waals surface area contributed by atoms with Crippen LogP contribution >= 0.6 is 11.6 Å². The second kappa shape index (κ2) is 7.13. The number of nitrogens with zero attached hydrogens (tertiary/aromatic N) is 1. The highest BCUT2D eigenvalue weighted by molar-refractivity contribution is 7.92. The highest BCUT2D eigenvalue weighted by atomic mass is 35.5. The van der Waals surface area contributed by atoms with Crippen molar-refractivity contribution in [1.82, 2.24) is 4.31 Å². The van der Waals surface area contributed by atoms with Gasteiger partial charge in [0.1, 0.15) is 0 Å². The molecule has 2 saturated heterocycles. The summed E-state index contributed by atoms with van der Waals surface area (Å²) < 4.78 is 54.4. The first-order valence-corrected chi connectivity index (χ1v) is 12.7. The van der Waals surface area contributed by atoms with Crippen LogP contribution in [0, 0.1) is 6.92 Å². The summed E-state index contributed by atoms with van der Waals surface area (Å²) in [5, 5.41) is -0.183. The predicted octanol–water partition coefficient (Wildman–Crippen LogP) is 3.81. The van der Waals surface area contributed by atoms with Crippen molar-refractivity contribution in [2.24, 2.45) is 0 Å². The number of fused-ring (bicyclic) bond motifs is 2. The highest BCUT2D eigenvalue weighted by Gasteiger charge is 2.50. The molecule has 4 rings (SSSR count). The van der Waals surface area contributed by atoms with E-state index in [0.29, 0.717) is 41.2 Å². The van der Waals surface area contributed by atoms with Crippen molar-refractivity contribution in [3.05, 3.63) is 59.1 Å². The third kappa shape index (κ3) is 3.28. The average Bonchev–Trinajstić information content (AvgIpc) is 2.95. The number of hydrogen-bond acceptors (Lipinski definition) is 4. The van der Waals surface area contributed by atoms with E-state index in [1.54, 1.807) is 53.7 Å². The summed E-state index contributed by atoms with van der Waals surface area (Å²) in [5.74, 6) is 0. The fraction of sp³-hybridized carbons (Fsp3) is 0.400. The van der Waals surface area contributed by atoms with Gasteiger partial charge in [0.15, 0.2) is 9.84 Å². The van der Waals surface area contributed by atoms with Gasteiger partial charge in [0, 0.05) is 17.1 Å². The Kier molecular flexibility index (Phi) is 5.06. The van der Waals surface area contributed by atoms with Crippen molar-refractivity contribution in [3.63, 3.8) is 0 Å². The maximum absolute atomic E-state index is 13.4. The molecular weight excluding hydrogens is 418 g/mol. The number of sulfonamides is 1. The summed E-state index contributed by atoms with van der Waals surface area (Å²) in [7, 11) is -7.21. The molecule has 2 aromatic carbocycles. The van der Waals surface area contributed by atoms with E-state index in [1.807, 2.05) is 0 Å². The Balaban J connectivity index is 1.66. The summed E-state index contributed by atoms with van der Waals surface area (Å²) in [6, 6.07) is 12.7. The molecule has 2 bridgehead atoms. The number of aryl methyl sites for hydroxylation is 1. The Morgan fingerprint density at radius 1 is 0.929 bits per heavy atom. The largest absolute Gasteiger partial charge is 0.243 e. The van der Waals surface area contributed by atoms with E-state index < -0.39 is 25.1 Å². The lowest BCUT2D eigenvalue weighted by atomic mass is 10.1. The Labute approximate surface area is 171 Å². The molecule has 5 nitrogen and oxygen atoms in total. The van der Waals surface area contributed by atoms with Gasteiger partial charge < -0.3 is 0 Å². The molecule has 0 saturated carbocycles. The van der Waals surface area contributed by atoms with Gasteiger partial charge in [-0.15, -0.1) is 0 Å². The molecule has 0 amide bonds. The Bertz CT molecular complexity index is 1090. The molecule has 1 unspecified atom stereocenters. The smallest absolute Gasteiger partial charge is 0.223 e. The van der Waals surface area contributed by atoms with Crippen LogP contribution in [0.4, 0.5) is 0 Å². The predicted molar refractivity (Wildman–Crippen MR) is 109 cm³/mol. The second-order valence-electron chi connectivity index (χ2n) is 7.58. The maximum Gasteiger partial charge on any atom is 0.243 e. The van der Waals surface area contributed by atoms with Crippen molar-refractivity contribution in [2.75, 3.05) is 0 Å². The normalized spacial score (nSPS) is 25.7. The Morgan fingerprint density at radius 3 is 2.14 bits per heavy atom. The highest BCUT2D eigenvalue weighted by Crippen LogP contribution is 2.43. The third-order valence-electron chi connectivity index (χ3n) is 5.84. The fourth-order valence-electron chi connectivity index (χ4n) is 4.50. The monoisotopic (exact) mass is 439 g/mol. The SMILES string of the molecule is Cc1ccc(Cl)cc1S(=O)(=O)N1[C@@H]2CC[C@H]1CC(S(=O)(=O)c1ccccc1)C2. The summed E-state index contributed by atoms with van der Waals surface area (Å²) in [4.78, 5) is 0.516. The van der Waals surface area contributed by atoms with E-state index in [-0.39, 0.29) is 17.0 Å². The van der Waals surface area contributed by atoms with Crippen LogP contribution in [0.2, 0.25) is 5.02 Å². The quantitative estimate of drug-likeness (QED) is 0.726. The molecule has 2 fully saturated rings. The molecule has 0 radical (unpaired) electrons. The van der Waals surface area contributed by atoms with Crippen LogP contribution in [-0.2, 0) is 19.9 Å². The molecule has 150 valence electrons. The van der Waals surface area contributed by atoms with Gasteiger partial charge in [-0.3, -0.25) is 0 Å². The molecule has 0 aromatic heterocycles. The molecule has 8 heteroatoms. The van der Waals surface area contributed by atoms with Crippen LogP contribution in [0.5, 0.6) is 0 Å². The Morgan fingerprint density at radius 2 is 1.54 bits per heavy atom. The zero-order valence-corrected chi connectivity index (χ0v) is 17.8. The van der Waals surface area contributed by atoms with Gasteiger partial charge in [-0.2, -0.15) is 4.31 Å². The molecule has 2 heterocycles. The van der Waals surface area contributed by atoms with E-state index in [2.05, 4.69) is 0 Å². The standard InChI is InChI=1S/C20H22ClNO4S2/c1-14-7-8-15(21)11-20(14)28(25,26)22-16-9-10-17(22)13-19(12-16)27(23,24)18-5-3-2-4-6-18/h2-8,11,16-17,19H,9-10,12-13H2,1H3/t16-,17+,19?. The lowest BCUT2D eigenvalue weighted by Gasteiger charge is -2.37. The van der Waals surface area contributed by atoms with Crippen molar-refractivity contribution < 1.29 is 16.8 Å². The molecular formula is C20H22ClNO4S2. The topological polar surface area (TPSA) is 71.5 Å². The summed E-state index contributed by atoms with van der Waals surface area (Å²) >= 11 is 6.04. The molecule has 2 aliphatic heterocycles. The second-order valence-corrected chi connectivity index (χ2v) is 12.1. The Hall–Kier alpha value is -1.41. The minimum atomic E-state index is -3.73. The van der Waals surface area contributed by atoms with Gasteiger partial charge in [0.25, 0.3) is 0 Å². The number of piperidine rings is 1. The van der Waals surface area contributed by atoms with Gasteiger partial charge in [-0.25, -0.2) is 16.8 Å². The number of sulfone groups is 1. The maximum atomic E-state index is 13.4. The van der Waals surface area contributed by atoms with Crippen LogP contribution in [-0.4, -0.2) is 38.5 Å². The van der Waals surface area contributed by atoms with E-state index in [4.69, 9.17) is 11.6 Å². The first kappa shape index (κ1) is 19.9. The van der Waals surface area contributed by atoms with E-state index >= 15 is 0 Å². The minimum absolute atomic E-state index is 0.210. The zero-order valence-electron chi connectivity index (χ0n) is 15.5. The van der Waals surface area contributed by atoms with Crippen molar-refractivity contribution in [2.45, 2.75) is 59.7 Å². The lowest BCUT2D eigenvalue weighted by molar-refractivity contribution is 0.249. The number of halogens is 1. The first-order chi connectivity index (χ1) is 13.2. The van der Waals surface area contributed by atoms with Crippen LogP contribution < -0.4 is 0 Å². The molecule has 0 aliphatic carbocycles. The molecule has 2 aliphatic rings. The summed E-state index contributed by atoms with van der Waals surface area (Å²) in [6.45, 7) is 1.75. The van der Waals surface area contributed by atoms with Crippen LogP contribution in [0.25, 0.3) is 0 Å². The minimum Gasteiger partial charge on any atom is -0.223 e.